The number of aryl methyl sites for hydroxylation is 1. The van der Waals surface area contributed by atoms with Crippen LogP contribution in [0.15, 0.2) is 25.0 Å². The minimum atomic E-state index is 0.238. The molecule has 1 saturated heterocycles. The van der Waals surface area contributed by atoms with Crippen molar-refractivity contribution in [2.24, 2.45) is 0 Å². The first kappa shape index (κ1) is 16.7. The fourth-order valence-corrected chi connectivity index (χ4v) is 3.39. The minimum Gasteiger partial charge on any atom is -0.342 e. The van der Waals surface area contributed by atoms with E-state index in [1.807, 2.05) is 17.3 Å². The number of hydrogen-bond acceptors (Lipinski definition) is 4. The van der Waals surface area contributed by atoms with Crippen molar-refractivity contribution in [2.75, 3.05) is 13.1 Å². The Labute approximate surface area is 142 Å². The van der Waals surface area contributed by atoms with Crippen molar-refractivity contribution >= 4 is 5.91 Å². The molecular formula is C17H26N6O. The summed E-state index contributed by atoms with van der Waals surface area (Å²) < 4.78 is 4.00. The molecule has 0 unspecified atom stereocenters. The highest BCUT2D eigenvalue weighted by molar-refractivity contribution is 5.76. The van der Waals surface area contributed by atoms with Gasteiger partial charge >= 0.3 is 0 Å². The van der Waals surface area contributed by atoms with Gasteiger partial charge in [0.2, 0.25) is 5.91 Å². The highest BCUT2D eigenvalue weighted by Gasteiger charge is 2.27. The summed E-state index contributed by atoms with van der Waals surface area (Å²) in [7, 11) is 0. The van der Waals surface area contributed by atoms with Crippen LogP contribution in [-0.2, 0) is 11.3 Å². The number of hydrogen-bond donors (Lipinski definition) is 0. The highest BCUT2D eigenvalue weighted by Crippen LogP contribution is 2.27. The van der Waals surface area contributed by atoms with Gasteiger partial charge in [0, 0.05) is 50.4 Å². The molecule has 3 rings (SSSR count). The zero-order valence-corrected chi connectivity index (χ0v) is 14.5. The molecule has 0 radical (unpaired) electrons. The molecule has 1 aliphatic rings. The first-order chi connectivity index (χ1) is 11.6. The smallest absolute Gasteiger partial charge is 0.222 e. The normalized spacial score (nSPS) is 18.3. The quantitative estimate of drug-likeness (QED) is 0.814. The van der Waals surface area contributed by atoms with Crippen LogP contribution in [-0.4, -0.2) is 48.2 Å². The van der Waals surface area contributed by atoms with Gasteiger partial charge in [-0.1, -0.05) is 0 Å². The second-order valence-electron chi connectivity index (χ2n) is 6.73. The van der Waals surface area contributed by atoms with E-state index in [1.165, 1.54) is 6.33 Å². The van der Waals surface area contributed by atoms with Gasteiger partial charge in [-0.05, 0) is 33.1 Å². The lowest BCUT2D eigenvalue weighted by molar-refractivity contribution is -0.132. The lowest BCUT2D eigenvalue weighted by Crippen LogP contribution is -2.39. The summed E-state index contributed by atoms with van der Waals surface area (Å²) in [6, 6.07) is 0.399. The lowest BCUT2D eigenvalue weighted by Gasteiger charge is -2.33. The summed E-state index contributed by atoms with van der Waals surface area (Å²) in [6.07, 6.45) is 10.6. The van der Waals surface area contributed by atoms with Crippen LogP contribution in [0.5, 0.6) is 0 Å². The Bertz CT molecular complexity index is 648. The number of imidazole rings is 1. The van der Waals surface area contributed by atoms with Gasteiger partial charge in [-0.25, -0.2) is 9.97 Å². The molecule has 0 bridgehead atoms. The zero-order valence-electron chi connectivity index (χ0n) is 14.5. The zero-order chi connectivity index (χ0) is 16.9. The topological polar surface area (TPSA) is 68.8 Å². The molecule has 1 atom stereocenters. The maximum Gasteiger partial charge on any atom is 0.222 e. The summed E-state index contributed by atoms with van der Waals surface area (Å²) in [6.45, 7) is 6.72. The van der Waals surface area contributed by atoms with E-state index in [4.69, 9.17) is 0 Å². The van der Waals surface area contributed by atoms with E-state index in [-0.39, 0.29) is 5.91 Å². The number of nitrogens with zero attached hydrogens (tertiary/aromatic N) is 6. The Kier molecular flexibility index (Phi) is 5.27. The van der Waals surface area contributed by atoms with Crippen LogP contribution >= 0.6 is 0 Å². The largest absolute Gasteiger partial charge is 0.342 e. The molecule has 0 aliphatic carbocycles. The minimum absolute atomic E-state index is 0.238. The highest BCUT2D eigenvalue weighted by atomic mass is 16.2. The molecular weight excluding hydrogens is 304 g/mol. The van der Waals surface area contributed by atoms with Gasteiger partial charge in [0.1, 0.15) is 18.5 Å². The maximum absolute atomic E-state index is 12.5. The second kappa shape index (κ2) is 7.59. The molecule has 24 heavy (non-hydrogen) atoms. The Morgan fingerprint density at radius 1 is 1.42 bits per heavy atom. The SMILES string of the molecule is CC(C)n1ccnc1[C@@H]1CCCN(C(=O)CCCn2cncn2)C1. The summed E-state index contributed by atoms with van der Waals surface area (Å²) in [5.41, 5.74) is 0. The number of amides is 1. The van der Waals surface area contributed by atoms with E-state index in [0.717, 1.165) is 44.7 Å². The van der Waals surface area contributed by atoms with E-state index in [0.29, 0.717) is 18.4 Å². The number of aromatic nitrogens is 5. The van der Waals surface area contributed by atoms with Crippen LogP contribution in [0.1, 0.15) is 57.3 Å². The monoisotopic (exact) mass is 330 g/mol. The average Bonchev–Trinajstić information content (AvgIpc) is 3.26. The standard InChI is InChI=1S/C17H26N6O/c1-14(2)23-10-7-19-17(23)15-5-3-8-21(11-15)16(24)6-4-9-22-13-18-12-20-22/h7,10,12-15H,3-6,8-9,11H2,1-2H3/t15-/m1/s1. The number of carbonyl (C=O) groups excluding carboxylic acids is 1. The molecule has 3 heterocycles. The summed E-state index contributed by atoms with van der Waals surface area (Å²) >= 11 is 0. The van der Waals surface area contributed by atoms with E-state index in [2.05, 4.69) is 33.5 Å². The third kappa shape index (κ3) is 3.83. The van der Waals surface area contributed by atoms with Crippen molar-refractivity contribution in [2.45, 2.75) is 58.0 Å². The van der Waals surface area contributed by atoms with Crippen LogP contribution < -0.4 is 0 Å². The third-order valence-corrected chi connectivity index (χ3v) is 4.64. The fraction of sp³-hybridized carbons (Fsp3) is 0.647. The first-order valence-corrected chi connectivity index (χ1v) is 8.78. The molecule has 0 N–H and O–H groups in total. The van der Waals surface area contributed by atoms with Crippen LogP contribution in [0, 0.1) is 0 Å². The van der Waals surface area contributed by atoms with Gasteiger partial charge in [0.25, 0.3) is 0 Å². The van der Waals surface area contributed by atoms with Gasteiger partial charge in [-0.2, -0.15) is 5.10 Å². The molecule has 0 spiro atoms. The Morgan fingerprint density at radius 3 is 3.04 bits per heavy atom. The van der Waals surface area contributed by atoms with Crippen molar-refractivity contribution in [3.63, 3.8) is 0 Å². The van der Waals surface area contributed by atoms with Crippen LogP contribution in [0.2, 0.25) is 0 Å². The van der Waals surface area contributed by atoms with E-state index >= 15 is 0 Å². The molecule has 7 heteroatoms. The summed E-state index contributed by atoms with van der Waals surface area (Å²) in [5.74, 6) is 1.70. The van der Waals surface area contributed by atoms with Crippen LogP contribution in [0.25, 0.3) is 0 Å². The van der Waals surface area contributed by atoms with Gasteiger partial charge in [0.05, 0.1) is 0 Å². The summed E-state index contributed by atoms with van der Waals surface area (Å²) in [5, 5.41) is 4.07. The van der Waals surface area contributed by atoms with Crippen molar-refractivity contribution in [3.05, 3.63) is 30.9 Å². The second-order valence-corrected chi connectivity index (χ2v) is 6.73. The molecule has 1 aliphatic heterocycles. The Morgan fingerprint density at radius 2 is 2.29 bits per heavy atom. The van der Waals surface area contributed by atoms with Crippen molar-refractivity contribution in [3.8, 4) is 0 Å². The van der Waals surface area contributed by atoms with Gasteiger partial charge in [0.15, 0.2) is 0 Å². The molecule has 2 aromatic heterocycles. The lowest BCUT2D eigenvalue weighted by atomic mass is 9.96. The number of carbonyl (C=O) groups is 1. The van der Waals surface area contributed by atoms with E-state index < -0.39 is 0 Å². The predicted molar refractivity (Wildman–Crippen MR) is 90.4 cm³/mol. The number of piperidine rings is 1. The molecule has 1 fully saturated rings. The van der Waals surface area contributed by atoms with E-state index in [9.17, 15) is 4.79 Å². The Balaban J connectivity index is 1.54. The van der Waals surface area contributed by atoms with Gasteiger partial charge in [-0.15, -0.1) is 0 Å². The first-order valence-electron chi connectivity index (χ1n) is 8.78. The maximum atomic E-state index is 12.5. The fourth-order valence-electron chi connectivity index (χ4n) is 3.39. The van der Waals surface area contributed by atoms with E-state index in [1.54, 1.807) is 11.0 Å². The van der Waals surface area contributed by atoms with Gasteiger partial charge < -0.3 is 9.47 Å². The summed E-state index contributed by atoms with van der Waals surface area (Å²) in [4.78, 5) is 23.0. The number of rotatable bonds is 6. The van der Waals surface area contributed by atoms with Crippen molar-refractivity contribution < 1.29 is 4.79 Å². The van der Waals surface area contributed by atoms with Crippen molar-refractivity contribution in [1.82, 2.24) is 29.2 Å². The predicted octanol–water partition coefficient (Wildman–Crippen LogP) is 2.24. The third-order valence-electron chi connectivity index (χ3n) is 4.64. The molecule has 0 saturated carbocycles. The molecule has 1 amide bonds. The van der Waals surface area contributed by atoms with Crippen molar-refractivity contribution in [1.29, 1.82) is 0 Å². The molecule has 2 aromatic rings. The Hall–Kier alpha value is -2.18. The van der Waals surface area contributed by atoms with Crippen LogP contribution in [0.4, 0.5) is 0 Å². The molecule has 0 aromatic carbocycles. The van der Waals surface area contributed by atoms with Crippen LogP contribution in [0.3, 0.4) is 0 Å². The average molecular weight is 330 g/mol. The number of likely N-dealkylation sites (tertiary alicyclic amines) is 1. The van der Waals surface area contributed by atoms with Gasteiger partial charge in [-0.3, -0.25) is 9.48 Å². The molecule has 130 valence electrons. The molecule has 7 nitrogen and oxygen atoms in total.